The molecule has 39 heavy (non-hydrogen) atoms. The largest absolute Gasteiger partial charge is 0.459 e. The van der Waals surface area contributed by atoms with E-state index < -0.39 is 65.8 Å². The second-order valence-corrected chi connectivity index (χ2v) is 13.0. The van der Waals surface area contributed by atoms with Crippen LogP contribution in [0.25, 0.3) is 0 Å². The fourth-order valence-corrected chi connectivity index (χ4v) is 6.31. The first kappa shape index (κ1) is 34.4. The Hall–Kier alpha value is -0.850. The van der Waals surface area contributed by atoms with Crippen LogP contribution in [0.2, 0.25) is 0 Å². The number of nitrogens with zero attached hydrogens (tertiary/aromatic N) is 1. The van der Waals surface area contributed by atoms with Gasteiger partial charge in [-0.3, -0.25) is 4.79 Å². The van der Waals surface area contributed by atoms with E-state index in [4.69, 9.17) is 14.2 Å². The number of hydrogen-bond acceptors (Lipinski definition) is 10. The van der Waals surface area contributed by atoms with Gasteiger partial charge in [-0.1, -0.05) is 20.8 Å². The van der Waals surface area contributed by atoms with Crippen molar-refractivity contribution >= 4 is 5.97 Å². The van der Waals surface area contributed by atoms with Crippen LogP contribution in [0.5, 0.6) is 0 Å². The Bertz CT molecular complexity index is 778. The third-order valence-corrected chi connectivity index (χ3v) is 8.90. The number of cyclic esters (lactones) is 1. The van der Waals surface area contributed by atoms with Crippen LogP contribution in [-0.4, -0.2) is 112 Å². The van der Waals surface area contributed by atoms with Crippen molar-refractivity contribution in [1.29, 1.82) is 0 Å². The van der Waals surface area contributed by atoms with Crippen LogP contribution < -0.4 is 5.32 Å². The molecule has 0 aliphatic carbocycles. The number of ether oxygens (including phenoxy) is 3. The summed E-state index contributed by atoms with van der Waals surface area (Å²) in [5, 5.41) is 48.7. The van der Waals surface area contributed by atoms with Gasteiger partial charge in [0.15, 0.2) is 6.29 Å². The number of aliphatic hydroxyl groups is 4. The first-order valence-corrected chi connectivity index (χ1v) is 14.6. The van der Waals surface area contributed by atoms with E-state index in [1.54, 1.807) is 34.6 Å². The van der Waals surface area contributed by atoms with Gasteiger partial charge in [0, 0.05) is 24.4 Å². The lowest BCUT2D eigenvalue weighted by atomic mass is 9.78. The van der Waals surface area contributed by atoms with Crippen molar-refractivity contribution in [2.24, 2.45) is 17.8 Å². The highest BCUT2D eigenvalue weighted by atomic mass is 16.7. The zero-order valence-electron chi connectivity index (χ0n) is 25.8. The van der Waals surface area contributed by atoms with Crippen LogP contribution in [0.15, 0.2) is 0 Å². The number of hydrogen-bond donors (Lipinski definition) is 5. The van der Waals surface area contributed by atoms with Crippen molar-refractivity contribution in [3.05, 3.63) is 0 Å². The van der Waals surface area contributed by atoms with E-state index >= 15 is 0 Å². The zero-order valence-corrected chi connectivity index (χ0v) is 25.8. The Morgan fingerprint density at radius 1 is 1.08 bits per heavy atom. The maximum Gasteiger partial charge on any atom is 0.311 e. The van der Waals surface area contributed by atoms with Gasteiger partial charge in [0.05, 0.1) is 29.8 Å². The Morgan fingerprint density at radius 3 is 2.26 bits per heavy atom. The molecular weight excluding hydrogens is 504 g/mol. The van der Waals surface area contributed by atoms with Gasteiger partial charge in [0.25, 0.3) is 0 Å². The predicted molar refractivity (Wildman–Crippen MR) is 149 cm³/mol. The van der Waals surface area contributed by atoms with E-state index in [1.165, 1.54) is 6.92 Å². The maximum absolute atomic E-state index is 13.2. The molecule has 0 amide bonds. The average molecular weight is 561 g/mol. The van der Waals surface area contributed by atoms with Crippen LogP contribution in [0, 0.1) is 17.8 Å². The summed E-state index contributed by atoms with van der Waals surface area (Å²) in [4.78, 5) is 15.3. The minimum atomic E-state index is -1.72. The summed E-state index contributed by atoms with van der Waals surface area (Å²) in [5.74, 6) is -2.36. The minimum Gasteiger partial charge on any atom is -0.459 e. The molecule has 230 valence electrons. The van der Waals surface area contributed by atoms with Gasteiger partial charge < -0.3 is 44.9 Å². The molecule has 0 aromatic rings. The van der Waals surface area contributed by atoms with Crippen molar-refractivity contribution in [3.8, 4) is 0 Å². The van der Waals surface area contributed by atoms with E-state index in [2.05, 4.69) is 10.2 Å². The van der Waals surface area contributed by atoms with Gasteiger partial charge in [-0.15, -0.1) is 0 Å². The average Bonchev–Trinajstić information content (AvgIpc) is 2.85. The summed E-state index contributed by atoms with van der Waals surface area (Å²) < 4.78 is 18.3. The van der Waals surface area contributed by atoms with E-state index in [1.807, 2.05) is 27.9 Å². The quantitative estimate of drug-likeness (QED) is 0.322. The fraction of sp³-hybridized carbons (Fsp3) is 0.966. The number of nitrogens with one attached hydrogen (secondary N) is 1. The Labute approximate surface area is 235 Å². The molecule has 13 atom stereocenters. The van der Waals surface area contributed by atoms with Gasteiger partial charge in [-0.25, -0.2) is 0 Å². The molecule has 0 saturated carbocycles. The second-order valence-electron chi connectivity index (χ2n) is 13.0. The van der Waals surface area contributed by atoms with Crippen molar-refractivity contribution in [2.75, 3.05) is 20.6 Å². The molecule has 5 N–H and O–H groups in total. The lowest BCUT2D eigenvalue weighted by molar-refractivity contribution is -0.267. The van der Waals surface area contributed by atoms with Crippen LogP contribution in [0.3, 0.4) is 0 Å². The number of carbonyl (C=O) groups excluding carboxylic acids is 1. The Kier molecular flexibility index (Phi) is 12.2. The number of rotatable bonds is 4. The summed E-state index contributed by atoms with van der Waals surface area (Å²) in [6.07, 6.45) is -2.78. The lowest BCUT2D eigenvalue weighted by Gasteiger charge is -2.45. The topological polar surface area (TPSA) is 141 Å². The molecule has 10 heteroatoms. The third kappa shape index (κ3) is 8.58. The molecule has 10 nitrogen and oxygen atoms in total. The van der Waals surface area contributed by atoms with E-state index in [0.29, 0.717) is 19.4 Å². The molecule has 2 saturated heterocycles. The summed E-state index contributed by atoms with van der Waals surface area (Å²) in [6.45, 7) is 14.5. The molecule has 2 rings (SSSR count). The van der Waals surface area contributed by atoms with Crippen LogP contribution in [0.1, 0.15) is 81.1 Å². The molecule has 0 aromatic carbocycles. The first-order chi connectivity index (χ1) is 17.9. The third-order valence-electron chi connectivity index (χ3n) is 8.90. The van der Waals surface area contributed by atoms with Crippen molar-refractivity contribution < 1.29 is 39.4 Å². The lowest BCUT2D eigenvalue weighted by Crippen LogP contribution is -2.58. The molecule has 2 aliphatic heterocycles. The summed E-state index contributed by atoms with van der Waals surface area (Å²) in [5.41, 5.74) is -3.09. The van der Waals surface area contributed by atoms with E-state index in [-0.39, 0.29) is 24.5 Å². The van der Waals surface area contributed by atoms with Crippen molar-refractivity contribution in [1.82, 2.24) is 10.2 Å². The molecular formula is C29H56N2O8. The first-order valence-electron chi connectivity index (χ1n) is 14.6. The summed E-state index contributed by atoms with van der Waals surface area (Å²) in [7, 11) is 4.04. The van der Waals surface area contributed by atoms with Gasteiger partial charge in [0.2, 0.25) is 0 Å². The molecule has 0 aromatic heterocycles. The maximum atomic E-state index is 13.2. The highest BCUT2D eigenvalue weighted by Crippen LogP contribution is 2.35. The molecule has 0 unspecified atom stereocenters. The molecule has 0 radical (unpaired) electrons. The standard InChI is InChI=1S/C29H56N2O8/c1-11-22-29(8,36)25(33)20(6)30-15-16(2)14-28(7,35)26(18(4)24(32)19(5)27(34)38-22)39-23-13-21(31(9)10)12-17(3)37-23/h16-26,30,32-33,35-36H,11-15H2,1-10H3/t16-,17-,18+,19-,20-,21+,22-,23+,24+,25-,26-,28-,29-/m1/s1. The van der Waals surface area contributed by atoms with Crippen LogP contribution in [0.4, 0.5) is 0 Å². The number of esters is 1. The van der Waals surface area contributed by atoms with E-state index in [9.17, 15) is 25.2 Å². The van der Waals surface area contributed by atoms with Gasteiger partial charge in [0.1, 0.15) is 17.8 Å². The van der Waals surface area contributed by atoms with E-state index in [0.717, 1.165) is 6.42 Å². The Morgan fingerprint density at radius 2 is 1.69 bits per heavy atom. The second kappa shape index (κ2) is 13.9. The van der Waals surface area contributed by atoms with Crippen molar-refractivity contribution in [3.63, 3.8) is 0 Å². The monoisotopic (exact) mass is 560 g/mol. The van der Waals surface area contributed by atoms with Gasteiger partial charge in [-0.2, -0.15) is 0 Å². The van der Waals surface area contributed by atoms with Crippen molar-refractivity contribution in [2.45, 2.75) is 141 Å². The van der Waals surface area contributed by atoms with Gasteiger partial charge >= 0.3 is 5.97 Å². The van der Waals surface area contributed by atoms with Gasteiger partial charge in [-0.05, 0) is 80.4 Å². The molecule has 2 fully saturated rings. The van der Waals surface area contributed by atoms with Crippen LogP contribution >= 0.6 is 0 Å². The zero-order chi connectivity index (χ0) is 29.9. The number of aliphatic hydroxyl groups excluding tert-OH is 2. The molecule has 2 aliphatic rings. The highest BCUT2D eigenvalue weighted by molar-refractivity contribution is 5.73. The number of carbonyl (C=O) groups is 1. The smallest absolute Gasteiger partial charge is 0.311 e. The summed E-state index contributed by atoms with van der Waals surface area (Å²) in [6, 6.07) is -0.269. The van der Waals surface area contributed by atoms with Crippen LogP contribution in [-0.2, 0) is 19.0 Å². The molecule has 0 spiro atoms. The summed E-state index contributed by atoms with van der Waals surface area (Å²) >= 11 is 0. The Balaban J connectivity index is 2.43. The fourth-order valence-electron chi connectivity index (χ4n) is 6.31. The normalized spacial score (nSPS) is 47.8. The highest BCUT2D eigenvalue weighted by Gasteiger charge is 2.48. The predicted octanol–water partition coefficient (Wildman–Crippen LogP) is 1.66. The SMILES string of the molecule is CC[C@H]1OC(=O)[C@H](C)[C@@H](O)[C@H](C)[C@@H](O[C@H]2C[C@@H](N(C)C)C[C@@H](C)O2)[C@](C)(O)C[C@@H](C)CN[C@H](C)[C@@H](O)[C@]1(C)O. The molecule has 2 heterocycles. The molecule has 0 bridgehead atoms. The minimum absolute atomic E-state index is 0.0349.